The summed E-state index contributed by atoms with van der Waals surface area (Å²) < 4.78 is 0. The summed E-state index contributed by atoms with van der Waals surface area (Å²) in [6, 6.07) is 19.0. The number of carbonyl (C=O) groups excluding carboxylic acids is 1. The van der Waals surface area contributed by atoms with Crippen LogP contribution < -0.4 is 15.5 Å². The van der Waals surface area contributed by atoms with Gasteiger partial charge in [-0.15, -0.1) is 0 Å². The Kier molecular flexibility index (Phi) is 6.16. The zero-order valence-corrected chi connectivity index (χ0v) is 15.7. The molecule has 26 heavy (non-hydrogen) atoms. The highest BCUT2D eigenvalue weighted by Gasteiger charge is 2.22. The third-order valence-electron chi connectivity index (χ3n) is 5.11. The fourth-order valence-corrected chi connectivity index (χ4v) is 3.60. The van der Waals surface area contributed by atoms with E-state index in [-0.39, 0.29) is 18.1 Å². The first-order valence-electron chi connectivity index (χ1n) is 9.59. The van der Waals surface area contributed by atoms with Crippen molar-refractivity contribution < 1.29 is 4.79 Å². The van der Waals surface area contributed by atoms with Crippen LogP contribution in [-0.2, 0) is 0 Å². The van der Waals surface area contributed by atoms with Gasteiger partial charge in [0.15, 0.2) is 0 Å². The van der Waals surface area contributed by atoms with Crippen molar-refractivity contribution in [1.82, 2.24) is 10.6 Å². The molecule has 0 radical (unpaired) electrons. The first-order chi connectivity index (χ1) is 12.7. The molecule has 0 spiro atoms. The van der Waals surface area contributed by atoms with Gasteiger partial charge >= 0.3 is 6.03 Å². The van der Waals surface area contributed by atoms with E-state index in [0.29, 0.717) is 0 Å². The molecule has 1 saturated heterocycles. The van der Waals surface area contributed by atoms with Gasteiger partial charge in [0.05, 0.1) is 6.04 Å². The number of rotatable bonds is 5. The molecule has 0 aliphatic carbocycles. The largest absolute Gasteiger partial charge is 0.371 e. The summed E-state index contributed by atoms with van der Waals surface area (Å²) in [5.74, 6) is 0. The zero-order valence-electron chi connectivity index (χ0n) is 15.7. The average Bonchev–Trinajstić information content (AvgIpc) is 2.67. The number of aryl methyl sites for hydroxylation is 1. The van der Waals surface area contributed by atoms with Gasteiger partial charge in [-0.3, -0.25) is 0 Å². The predicted molar refractivity (Wildman–Crippen MR) is 108 cm³/mol. The van der Waals surface area contributed by atoms with E-state index in [0.717, 1.165) is 37.9 Å². The quantitative estimate of drug-likeness (QED) is 0.838. The van der Waals surface area contributed by atoms with E-state index in [9.17, 15) is 4.79 Å². The van der Waals surface area contributed by atoms with Gasteiger partial charge in [-0.05, 0) is 49.4 Å². The first kappa shape index (κ1) is 18.3. The van der Waals surface area contributed by atoms with E-state index in [1.807, 2.05) is 18.2 Å². The van der Waals surface area contributed by atoms with Crippen molar-refractivity contribution in [2.24, 2.45) is 0 Å². The van der Waals surface area contributed by atoms with Crippen molar-refractivity contribution in [1.29, 1.82) is 0 Å². The predicted octanol–water partition coefficient (Wildman–Crippen LogP) is 4.41. The second kappa shape index (κ2) is 8.75. The summed E-state index contributed by atoms with van der Waals surface area (Å²) in [6.07, 6.45) is 2.83. The molecule has 4 heteroatoms. The van der Waals surface area contributed by atoms with Gasteiger partial charge in [-0.25, -0.2) is 4.79 Å². The molecule has 2 aromatic carbocycles. The minimum Gasteiger partial charge on any atom is -0.371 e. The molecule has 3 rings (SSSR count). The lowest BCUT2D eigenvalue weighted by molar-refractivity contribution is 0.230. The smallest absolute Gasteiger partial charge is 0.315 e. The molecule has 2 amide bonds. The molecule has 1 aliphatic rings. The highest BCUT2D eigenvalue weighted by atomic mass is 16.2. The second-order valence-electron chi connectivity index (χ2n) is 7.09. The van der Waals surface area contributed by atoms with Gasteiger partial charge in [0.25, 0.3) is 0 Å². The van der Waals surface area contributed by atoms with Crippen molar-refractivity contribution in [3.05, 3.63) is 65.7 Å². The molecule has 0 saturated carbocycles. The fourth-order valence-electron chi connectivity index (χ4n) is 3.60. The number of hydrogen-bond donors (Lipinski definition) is 2. The van der Waals surface area contributed by atoms with Crippen LogP contribution in [0.4, 0.5) is 10.5 Å². The number of nitrogens with one attached hydrogen (secondary N) is 2. The number of benzene rings is 2. The van der Waals surface area contributed by atoms with E-state index >= 15 is 0 Å². The van der Waals surface area contributed by atoms with Crippen LogP contribution in [0.3, 0.4) is 0 Å². The van der Waals surface area contributed by atoms with E-state index in [2.05, 4.69) is 65.8 Å². The van der Waals surface area contributed by atoms with Crippen molar-refractivity contribution in [2.75, 3.05) is 18.0 Å². The number of piperidine rings is 1. The fraction of sp³-hybridized carbons (Fsp3) is 0.409. The lowest BCUT2D eigenvalue weighted by atomic mass is 10.0. The van der Waals surface area contributed by atoms with Crippen LogP contribution in [0.2, 0.25) is 0 Å². The number of nitrogens with zero attached hydrogens (tertiary/aromatic N) is 1. The first-order valence-corrected chi connectivity index (χ1v) is 9.59. The monoisotopic (exact) mass is 351 g/mol. The molecule has 1 aliphatic heterocycles. The number of urea groups is 1. The number of carbonyl (C=O) groups is 1. The lowest BCUT2D eigenvalue weighted by Crippen LogP contribution is -2.48. The molecule has 1 heterocycles. The molecule has 1 atom stereocenters. The van der Waals surface area contributed by atoms with Crippen LogP contribution in [0.15, 0.2) is 54.6 Å². The van der Waals surface area contributed by atoms with Gasteiger partial charge in [-0.1, -0.05) is 49.4 Å². The third-order valence-corrected chi connectivity index (χ3v) is 5.11. The average molecular weight is 351 g/mol. The maximum Gasteiger partial charge on any atom is 0.315 e. The van der Waals surface area contributed by atoms with E-state index in [1.165, 1.54) is 11.3 Å². The minimum atomic E-state index is -0.0605. The van der Waals surface area contributed by atoms with Gasteiger partial charge in [-0.2, -0.15) is 0 Å². The van der Waals surface area contributed by atoms with Gasteiger partial charge in [0, 0.05) is 24.8 Å². The summed E-state index contributed by atoms with van der Waals surface area (Å²) in [4.78, 5) is 14.8. The second-order valence-corrected chi connectivity index (χ2v) is 7.09. The van der Waals surface area contributed by atoms with Crippen molar-refractivity contribution in [2.45, 2.75) is 45.2 Å². The number of amides is 2. The van der Waals surface area contributed by atoms with E-state index in [1.54, 1.807) is 0 Å². The molecule has 2 aromatic rings. The van der Waals surface area contributed by atoms with Gasteiger partial charge < -0.3 is 15.5 Å². The Labute approximate surface area is 156 Å². The Hall–Kier alpha value is -2.49. The Bertz CT molecular complexity index is 708. The molecule has 4 nitrogen and oxygen atoms in total. The van der Waals surface area contributed by atoms with Crippen LogP contribution in [0, 0.1) is 6.92 Å². The molecule has 2 N–H and O–H groups in total. The topological polar surface area (TPSA) is 44.4 Å². The van der Waals surface area contributed by atoms with Crippen LogP contribution in [0.25, 0.3) is 0 Å². The lowest BCUT2D eigenvalue weighted by Gasteiger charge is -2.34. The number of hydrogen-bond acceptors (Lipinski definition) is 2. The highest BCUT2D eigenvalue weighted by Crippen LogP contribution is 2.21. The van der Waals surface area contributed by atoms with Crippen LogP contribution in [0.1, 0.15) is 43.4 Å². The Morgan fingerprint density at radius 3 is 2.50 bits per heavy atom. The molecule has 1 fully saturated rings. The highest BCUT2D eigenvalue weighted by molar-refractivity contribution is 5.74. The van der Waals surface area contributed by atoms with E-state index < -0.39 is 0 Å². The molecule has 138 valence electrons. The minimum absolute atomic E-state index is 0.0589. The molecule has 0 unspecified atom stereocenters. The Morgan fingerprint density at radius 2 is 1.85 bits per heavy atom. The van der Waals surface area contributed by atoms with Crippen LogP contribution >= 0.6 is 0 Å². The van der Waals surface area contributed by atoms with Crippen molar-refractivity contribution in [3.63, 3.8) is 0 Å². The summed E-state index contributed by atoms with van der Waals surface area (Å²) >= 11 is 0. The normalized spacial score (nSPS) is 16.2. The molecular weight excluding hydrogens is 322 g/mol. The molecular formula is C22H29N3O. The Morgan fingerprint density at radius 1 is 1.12 bits per heavy atom. The zero-order chi connectivity index (χ0) is 18.4. The number of anilines is 1. The summed E-state index contributed by atoms with van der Waals surface area (Å²) in [5.41, 5.74) is 3.72. The Balaban J connectivity index is 1.49. The summed E-state index contributed by atoms with van der Waals surface area (Å²) in [7, 11) is 0. The maximum absolute atomic E-state index is 12.4. The summed E-state index contributed by atoms with van der Waals surface area (Å²) in [6.45, 7) is 6.17. The molecule has 0 bridgehead atoms. The van der Waals surface area contributed by atoms with Crippen LogP contribution in [0.5, 0.6) is 0 Å². The van der Waals surface area contributed by atoms with Crippen molar-refractivity contribution in [3.8, 4) is 0 Å². The van der Waals surface area contributed by atoms with E-state index in [4.69, 9.17) is 0 Å². The third kappa shape index (κ3) is 4.78. The maximum atomic E-state index is 12.4. The van der Waals surface area contributed by atoms with Crippen molar-refractivity contribution >= 4 is 11.7 Å². The molecule has 0 aromatic heterocycles. The SMILES string of the molecule is CC[C@H](NC(=O)NC1CCN(c2cccc(C)c2)CC1)c1ccccc1. The van der Waals surface area contributed by atoms with Gasteiger partial charge in [0.1, 0.15) is 0 Å². The van der Waals surface area contributed by atoms with Gasteiger partial charge in [0.2, 0.25) is 0 Å². The summed E-state index contributed by atoms with van der Waals surface area (Å²) in [5, 5.41) is 6.28. The standard InChI is InChI=1S/C22H29N3O/c1-3-21(18-9-5-4-6-10-18)24-22(26)23-19-12-14-25(15-13-19)20-11-7-8-17(2)16-20/h4-11,16,19,21H,3,12-15H2,1-2H3,(H2,23,24,26)/t21-/m0/s1. The van der Waals surface area contributed by atoms with Crippen LogP contribution in [-0.4, -0.2) is 25.2 Å².